The molecule has 1 saturated heterocycles. The fourth-order valence-corrected chi connectivity index (χ4v) is 4.25. The number of hydrogen-bond acceptors (Lipinski definition) is 4. The Balaban J connectivity index is 1.97. The van der Waals surface area contributed by atoms with Gasteiger partial charge in [-0.15, -0.1) is 0 Å². The van der Waals surface area contributed by atoms with E-state index in [0.717, 1.165) is 33.2 Å². The molecule has 20 heavy (non-hydrogen) atoms. The molecule has 3 rings (SSSR count). The van der Waals surface area contributed by atoms with Crippen LogP contribution in [0.25, 0.3) is 10.9 Å². The number of pyridine rings is 1. The second kappa shape index (κ2) is 5.92. The zero-order valence-corrected chi connectivity index (χ0v) is 13.6. The van der Waals surface area contributed by atoms with E-state index in [9.17, 15) is 0 Å². The van der Waals surface area contributed by atoms with Gasteiger partial charge in [0.1, 0.15) is 0 Å². The first-order valence-electron chi connectivity index (χ1n) is 6.83. The summed E-state index contributed by atoms with van der Waals surface area (Å²) in [6.45, 7) is 0.660. The third-order valence-electron chi connectivity index (χ3n) is 3.79. The van der Waals surface area contributed by atoms with Crippen molar-refractivity contribution in [2.24, 2.45) is 5.73 Å². The molecule has 2 heterocycles. The SMILES string of the molecule is NCC1(Nc2cccc3cc(Br)cnc23)CCCSC1. The molecule has 1 aromatic carbocycles. The number of para-hydroxylation sites is 1. The second-order valence-electron chi connectivity index (χ2n) is 5.30. The maximum Gasteiger partial charge on any atom is 0.0934 e. The molecule has 2 aromatic rings. The number of nitrogens with zero attached hydrogens (tertiary/aromatic N) is 1. The van der Waals surface area contributed by atoms with Crippen molar-refractivity contribution in [2.45, 2.75) is 18.4 Å². The topological polar surface area (TPSA) is 50.9 Å². The summed E-state index contributed by atoms with van der Waals surface area (Å²) >= 11 is 5.46. The molecule has 0 saturated carbocycles. The van der Waals surface area contributed by atoms with Crippen molar-refractivity contribution in [1.29, 1.82) is 0 Å². The van der Waals surface area contributed by atoms with E-state index in [1.807, 2.05) is 18.0 Å². The Morgan fingerprint density at radius 2 is 2.35 bits per heavy atom. The van der Waals surface area contributed by atoms with Crippen molar-refractivity contribution >= 4 is 44.3 Å². The fourth-order valence-electron chi connectivity index (χ4n) is 2.68. The van der Waals surface area contributed by atoms with Crippen LogP contribution in [0.15, 0.2) is 34.9 Å². The van der Waals surface area contributed by atoms with Crippen molar-refractivity contribution in [1.82, 2.24) is 4.98 Å². The number of benzene rings is 1. The minimum atomic E-state index is 0.00591. The summed E-state index contributed by atoms with van der Waals surface area (Å²) in [7, 11) is 0. The van der Waals surface area contributed by atoms with E-state index in [-0.39, 0.29) is 5.54 Å². The van der Waals surface area contributed by atoms with E-state index in [2.05, 4.69) is 50.5 Å². The number of hydrogen-bond donors (Lipinski definition) is 2. The van der Waals surface area contributed by atoms with Gasteiger partial charge < -0.3 is 11.1 Å². The number of anilines is 1. The molecule has 1 aliphatic rings. The lowest BCUT2D eigenvalue weighted by molar-refractivity contribution is 0.476. The van der Waals surface area contributed by atoms with E-state index in [0.29, 0.717) is 6.54 Å². The number of rotatable bonds is 3. The minimum absolute atomic E-state index is 0.00591. The summed E-state index contributed by atoms with van der Waals surface area (Å²) in [4.78, 5) is 4.55. The van der Waals surface area contributed by atoms with E-state index in [1.54, 1.807) is 0 Å². The fraction of sp³-hybridized carbons (Fsp3) is 0.400. The van der Waals surface area contributed by atoms with Gasteiger partial charge in [0, 0.05) is 28.4 Å². The van der Waals surface area contributed by atoms with Gasteiger partial charge >= 0.3 is 0 Å². The third-order valence-corrected chi connectivity index (χ3v) is 5.56. The first-order chi connectivity index (χ1) is 9.72. The van der Waals surface area contributed by atoms with E-state index >= 15 is 0 Å². The summed E-state index contributed by atoms with van der Waals surface area (Å²) in [5.74, 6) is 2.31. The molecule has 0 amide bonds. The third kappa shape index (κ3) is 2.80. The quantitative estimate of drug-likeness (QED) is 0.886. The Labute approximate surface area is 131 Å². The van der Waals surface area contributed by atoms with Gasteiger partial charge in [-0.1, -0.05) is 12.1 Å². The summed E-state index contributed by atoms with van der Waals surface area (Å²) in [6, 6.07) is 8.35. The average Bonchev–Trinajstić information content (AvgIpc) is 2.48. The number of halogens is 1. The minimum Gasteiger partial charge on any atom is -0.376 e. The molecular formula is C15H18BrN3S. The average molecular weight is 352 g/mol. The first kappa shape index (κ1) is 14.2. The van der Waals surface area contributed by atoms with Crippen molar-refractivity contribution in [3.05, 3.63) is 34.9 Å². The maximum atomic E-state index is 6.05. The molecule has 0 aliphatic carbocycles. The Bertz CT molecular complexity index is 611. The van der Waals surface area contributed by atoms with Crippen molar-refractivity contribution in [2.75, 3.05) is 23.4 Å². The summed E-state index contributed by atoms with van der Waals surface area (Å²) in [5, 5.41) is 4.82. The molecule has 3 N–H and O–H groups in total. The molecule has 106 valence electrons. The Morgan fingerprint density at radius 3 is 3.10 bits per heavy atom. The molecular weight excluding hydrogens is 334 g/mol. The zero-order chi connectivity index (χ0) is 14.0. The van der Waals surface area contributed by atoms with Crippen LogP contribution in [-0.2, 0) is 0 Å². The lowest BCUT2D eigenvalue weighted by Gasteiger charge is -2.37. The van der Waals surface area contributed by atoms with E-state index in [4.69, 9.17) is 5.73 Å². The number of nitrogens with one attached hydrogen (secondary N) is 1. The number of nitrogens with two attached hydrogens (primary N) is 1. The standard InChI is InChI=1S/C15H18BrN3S/c16-12-7-11-3-1-4-13(14(11)18-8-12)19-15(9-17)5-2-6-20-10-15/h1,3-4,7-8,19H,2,5-6,9-10,17H2. The lowest BCUT2D eigenvalue weighted by atomic mass is 9.94. The Kier molecular flexibility index (Phi) is 4.19. The molecule has 0 bridgehead atoms. The highest BCUT2D eigenvalue weighted by Crippen LogP contribution is 2.32. The van der Waals surface area contributed by atoms with Gasteiger partial charge in [-0.3, -0.25) is 4.98 Å². The predicted molar refractivity (Wildman–Crippen MR) is 91.4 cm³/mol. The van der Waals surface area contributed by atoms with Crippen LogP contribution in [0.5, 0.6) is 0 Å². The highest BCUT2D eigenvalue weighted by molar-refractivity contribution is 9.10. The molecule has 0 radical (unpaired) electrons. The maximum absolute atomic E-state index is 6.05. The van der Waals surface area contributed by atoms with Crippen molar-refractivity contribution < 1.29 is 0 Å². The van der Waals surface area contributed by atoms with Crippen LogP contribution in [0.1, 0.15) is 12.8 Å². The van der Waals surface area contributed by atoms with Gasteiger partial charge in [-0.25, -0.2) is 0 Å². The largest absolute Gasteiger partial charge is 0.376 e. The summed E-state index contributed by atoms with van der Waals surface area (Å²) < 4.78 is 1.00. The molecule has 1 aromatic heterocycles. The molecule has 5 heteroatoms. The van der Waals surface area contributed by atoms with Crippen molar-refractivity contribution in [3.63, 3.8) is 0 Å². The monoisotopic (exact) mass is 351 g/mol. The van der Waals surface area contributed by atoms with Crippen LogP contribution >= 0.6 is 27.7 Å². The predicted octanol–water partition coefficient (Wildman–Crippen LogP) is 3.63. The van der Waals surface area contributed by atoms with Crippen LogP contribution in [-0.4, -0.2) is 28.6 Å². The van der Waals surface area contributed by atoms with Gasteiger partial charge in [0.05, 0.1) is 16.7 Å². The molecule has 1 unspecified atom stereocenters. The van der Waals surface area contributed by atoms with E-state index in [1.165, 1.54) is 12.2 Å². The van der Waals surface area contributed by atoms with Gasteiger partial charge in [0.15, 0.2) is 0 Å². The Morgan fingerprint density at radius 1 is 1.45 bits per heavy atom. The number of thioether (sulfide) groups is 1. The van der Waals surface area contributed by atoms with Crippen LogP contribution in [0.3, 0.4) is 0 Å². The zero-order valence-electron chi connectivity index (χ0n) is 11.2. The Hall–Kier alpha value is -0.780. The highest BCUT2D eigenvalue weighted by atomic mass is 79.9. The molecule has 0 spiro atoms. The van der Waals surface area contributed by atoms with Crippen LogP contribution in [0.4, 0.5) is 5.69 Å². The molecule has 1 atom stereocenters. The van der Waals surface area contributed by atoms with Crippen LogP contribution in [0.2, 0.25) is 0 Å². The smallest absolute Gasteiger partial charge is 0.0934 e. The van der Waals surface area contributed by atoms with E-state index < -0.39 is 0 Å². The number of fused-ring (bicyclic) bond motifs is 1. The summed E-state index contributed by atoms with van der Waals surface area (Å²) in [6.07, 6.45) is 4.19. The van der Waals surface area contributed by atoms with Crippen molar-refractivity contribution in [3.8, 4) is 0 Å². The van der Waals surface area contributed by atoms with Crippen LogP contribution < -0.4 is 11.1 Å². The van der Waals surface area contributed by atoms with Gasteiger partial charge in [0.2, 0.25) is 0 Å². The van der Waals surface area contributed by atoms with Gasteiger partial charge in [0.25, 0.3) is 0 Å². The molecule has 1 fully saturated rings. The van der Waals surface area contributed by atoms with Gasteiger partial charge in [-0.05, 0) is 46.7 Å². The highest BCUT2D eigenvalue weighted by Gasteiger charge is 2.31. The lowest BCUT2D eigenvalue weighted by Crippen LogP contribution is -2.49. The molecule has 3 nitrogen and oxygen atoms in total. The normalized spacial score (nSPS) is 22.9. The van der Waals surface area contributed by atoms with Crippen LogP contribution in [0, 0.1) is 0 Å². The number of aromatic nitrogens is 1. The first-order valence-corrected chi connectivity index (χ1v) is 8.77. The van der Waals surface area contributed by atoms with Gasteiger partial charge in [-0.2, -0.15) is 11.8 Å². The summed E-state index contributed by atoms with van der Waals surface area (Å²) in [5.41, 5.74) is 8.16. The second-order valence-corrected chi connectivity index (χ2v) is 7.32. The molecule has 1 aliphatic heterocycles.